The zero-order valence-corrected chi connectivity index (χ0v) is 10.9. The number of nitrogens with two attached hydrogens (primary N) is 1. The topological polar surface area (TPSA) is 64.3 Å². The summed E-state index contributed by atoms with van der Waals surface area (Å²) in [5.74, 6) is 0.522. The summed E-state index contributed by atoms with van der Waals surface area (Å²) in [6, 6.07) is 7.16. The molecule has 0 heterocycles. The molecule has 1 aromatic carbocycles. The van der Waals surface area contributed by atoms with Crippen LogP contribution < -0.4 is 15.8 Å². The molecule has 6 heteroatoms. The van der Waals surface area contributed by atoms with E-state index in [4.69, 9.17) is 22.1 Å². The van der Waals surface area contributed by atoms with Crippen LogP contribution in [0.4, 0.5) is 0 Å². The quantitative estimate of drug-likeness (QED) is 0.831. The first-order valence-electron chi connectivity index (χ1n) is 5.08. The zero-order valence-electron chi connectivity index (χ0n) is 9.32. The van der Waals surface area contributed by atoms with Crippen molar-refractivity contribution < 1.29 is 9.53 Å². The van der Waals surface area contributed by atoms with Crippen LogP contribution in [0.3, 0.4) is 0 Å². The van der Waals surface area contributed by atoms with Gasteiger partial charge in [0.05, 0.1) is 18.1 Å². The molecule has 0 saturated heterocycles. The van der Waals surface area contributed by atoms with E-state index in [1.165, 1.54) is 0 Å². The van der Waals surface area contributed by atoms with E-state index < -0.39 is 0 Å². The first-order chi connectivity index (χ1) is 7.74. The minimum atomic E-state index is -0.0718. The summed E-state index contributed by atoms with van der Waals surface area (Å²) < 4.78 is 5.36. The minimum Gasteiger partial charge on any atom is -0.491 e. The third-order valence-electron chi connectivity index (χ3n) is 1.89. The van der Waals surface area contributed by atoms with Gasteiger partial charge in [0.15, 0.2) is 0 Å². The van der Waals surface area contributed by atoms with Crippen molar-refractivity contribution in [3.63, 3.8) is 0 Å². The van der Waals surface area contributed by atoms with E-state index in [1.807, 2.05) is 12.1 Å². The number of halogens is 2. The summed E-state index contributed by atoms with van der Waals surface area (Å²) in [4.78, 5) is 11.2. The van der Waals surface area contributed by atoms with Crippen molar-refractivity contribution in [2.75, 3.05) is 19.7 Å². The predicted molar refractivity (Wildman–Crippen MR) is 70.9 cm³/mol. The molecule has 0 saturated carbocycles. The lowest BCUT2D eigenvalue weighted by atomic mass is 10.3. The molecule has 4 nitrogen and oxygen atoms in total. The van der Waals surface area contributed by atoms with Gasteiger partial charge in [-0.2, -0.15) is 0 Å². The summed E-state index contributed by atoms with van der Waals surface area (Å²) in [5.41, 5.74) is 5.25. The fourth-order valence-corrected chi connectivity index (χ4v) is 1.31. The fourth-order valence-electron chi connectivity index (χ4n) is 1.12. The van der Waals surface area contributed by atoms with Crippen molar-refractivity contribution in [1.29, 1.82) is 0 Å². The van der Waals surface area contributed by atoms with Crippen LogP contribution in [0.5, 0.6) is 5.75 Å². The molecule has 1 rings (SSSR count). The Balaban J connectivity index is 0.00000256. The smallest absolute Gasteiger partial charge is 0.223 e. The summed E-state index contributed by atoms with van der Waals surface area (Å²) in [5, 5.41) is 3.20. The van der Waals surface area contributed by atoms with E-state index in [0.29, 0.717) is 36.9 Å². The van der Waals surface area contributed by atoms with Crippen LogP contribution in [0, 0.1) is 0 Å². The average molecular weight is 279 g/mol. The summed E-state index contributed by atoms with van der Waals surface area (Å²) in [6.07, 6.45) is 0.297. The van der Waals surface area contributed by atoms with Gasteiger partial charge in [-0.1, -0.05) is 23.7 Å². The fraction of sp³-hybridized carbons (Fsp3) is 0.364. The normalized spacial score (nSPS) is 9.29. The van der Waals surface area contributed by atoms with Crippen molar-refractivity contribution >= 4 is 29.9 Å². The first-order valence-corrected chi connectivity index (χ1v) is 5.46. The van der Waals surface area contributed by atoms with Crippen molar-refractivity contribution in [2.24, 2.45) is 5.73 Å². The SMILES string of the molecule is Cl.NCCNC(=O)CCOc1ccccc1Cl. The maximum absolute atomic E-state index is 11.2. The van der Waals surface area contributed by atoms with Crippen LogP contribution in [0.15, 0.2) is 24.3 Å². The molecule has 0 aromatic heterocycles. The monoisotopic (exact) mass is 278 g/mol. The highest BCUT2D eigenvalue weighted by atomic mass is 35.5. The van der Waals surface area contributed by atoms with Crippen LogP contribution in [-0.4, -0.2) is 25.6 Å². The Labute approximate surface area is 112 Å². The molecule has 0 aliphatic heterocycles. The molecule has 0 bridgehead atoms. The van der Waals surface area contributed by atoms with Gasteiger partial charge in [-0.15, -0.1) is 12.4 Å². The molecule has 0 atom stereocenters. The number of para-hydroxylation sites is 1. The van der Waals surface area contributed by atoms with Gasteiger partial charge in [0, 0.05) is 13.1 Å². The van der Waals surface area contributed by atoms with Gasteiger partial charge in [0.25, 0.3) is 0 Å². The Morgan fingerprint density at radius 3 is 2.76 bits per heavy atom. The van der Waals surface area contributed by atoms with Crippen molar-refractivity contribution in [1.82, 2.24) is 5.32 Å². The highest BCUT2D eigenvalue weighted by Crippen LogP contribution is 2.22. The molecule has 0 spiro atoms. The van der Waals surface area contributed by atoms with E-state index in [1.54, 1.807) is 12.1 Å². The molecular formula is C11H16Cl2N2O2. The Morgan fingerprint density at radius 2 is 2.12 bits per heavy atom. The Bertz CT molecular complexity index is 348. The molecule has 96 valence electrons. The highest BCUT2D eigenvalue weighted by Gasteiger charge is 2.02. The Hall–Kier alpha value is -0.970. The summed E-state index contributed by atoms with van der Waals surface area (Å²) >= 11 is 5.88. The van der Waals surface area contributed by atoms with Gasteiger partial charge in [-0.3, -0.25) is 4.79 Å². The summed E-state index contributed by atoms with van der Waals surface area (Å²) in [7, 11) is 0. The molecule has 0 aliphatic rings. The number of hydrogen-bond donors (Lipinski definition) is 2. The lowest BCUT2D eigenvalue weighted by Gasteiger charge is -2.07. The predicted octanol–water partition coefficient (Wildman–Crippen LogP) is 1.61. The summed E-state index contributed by atoms with van der Waals surface area (Å²) in [6.45, 7) is 1.24. The lowest BCUT2D eigenvalue weighted by Crippen LogP contribution is -2.29. The van der Waals surface area contributed by atoms with Gasteiger partial charge in [0.1, 0.15) is 5.75 Å². The van der Waals surface area contributed by atoms with Gasteiger partial charge in [-0.05, 0) is 12.1 Å². The molecule has 3 N–H and O–H groups in total. The van der Waals surface area contributed by atoms with Crippen molar-refractivity contribution in [3.8, 4) is 5.75 Å². The standard InChI is InChI=1S/C11H15ClN2O2.ClH/c12-9-3-1-2-4-10(9)16-8-5-11(15)14-7-6-13;/h1-4H,5-8,13H2,(H,14,15);1H. The number of carbonyl (C=O) groups is 1. The third-order valence-corrected chi connectivity index (χ3v) is 2.20. The van der Waals surface area contributed by atoms with E-state index in [9.17, 15) is 4.79 Å². The second-order valence-corrected chi connectivity index (χ2v) is 3.57. The number of benzene rings is 1. The Morgan fingerprint density at radius 1 is 1.41 bits per heavy atom. The molecule has 0 unspecified atom stereocenters. The Kier molecular flexibility index (Phi) is 8.58. The van der Waals surface area contributed by atoms with Crippen LogP contribution in [0.1, 0.15) is 6.42 Å². The molecule has 0 radical (unpaired) electrons. The maximum atomic E-state index is 11.2. The van der Waals surface area contributed by atoms with Gasteiger partial charge in [-0.25, -0.2) is 0 Å². The van der Waals surface area contributed by atoms with Gasteiger partial charge >= 0.3 is 0 Å². The molecule has 0 aliphatic carbocycles. The lowest BCUT2D eigenvalue weighted by molar-refractivity contribution is -0.121. The van der Waals surface area contributed by atoms with Crippen molar-refractivity contribution in [3.05, 3.63) is 29.3 Å². The number of nitrogens with one attached hydrogen (secondary N) is 1. The van der Waals surface area contributed by atoms with Crippen LogP contribution >= 0.6 is 24.0 Å². The second-order valence-electron chi connectivity index (χ2n) is 3.17. The number of hydrogen-bond acceptors (Lipinski definition) is 3. The molecular weight excluding hydrogens is 263 g/mol. The molecule has 1 amide bonds. The van der Waals surface area contributed by atoms with E-state index >= 15 is 0 Å². The third kappa shape index (κ3) is 6.36. The second kappa shape index (κ2) is 9.10. The molecule has 0 fully saturated rings. The van der Waals surface area contributed by atoms with E-state index in [-0.39, 0.29) is 18.3 Å². The van der Waals surface area contributed by atoms with E-state index in [0.717, 1.165) is 0 Å². The number of amides is 1. The van der Waals surface area contributed by atoms with Gasteiger partial charge < -0.3 is 15.8 Å². The van der Waals surface area contributed by atoms with Crippen LogP contribution in [0.25, 0.3) is 0 Å². The highest BCUT2D eigenvalue weighted by molar-refractivity contribution is 6.32. The molecule has 1 aromatic rings. The largest absolute Gasteiger partial charge is 0.491 e. The zero-order chi connectivity index (χ0) is 11.8. The van der Waals surface area contributed by atoms with Gasteiger partial charge in [0.2, 0.25) is 5.91 Å². The number of ether oxygens (including phenoxy) is 1. The average Bonchev–Trinajstić information content (AvgIpc) is 2.29. The number of carbonyl (C=O) groups excluding carboxylic acids is 1. The minimum absolute atomic E-state index is 0. The van der Waals surface area contributed by atoms with E-state index in [2.05, 4.69) is 5.32 Å². The number of rotatable bonds is 6. The van der Waals surface area contributed by atoms with Crippen LogP contribution in [0.2, 0.25) is 5.02 Å². The molecule has 17 heavy (non-hydrogen) atoms. The maximum Gasteiger partial charge on any atom is 0.223 e. The first kappa shape index (κ1) is 16.0. The van der Waals surface area contributed by atoms with Crippen molar-refractivity contribution in [2.45, 2.75) is 6.42 Å². The van der Waals surface area contributed by atoms with Crippen LogP contribution in [-0.2, 0) is 4.79 Å².